The van der Waals surface area contributed by atoms with E-state index in [1.54, 1.807) is 0 Å². The monoisotopic (exact) mass is 156 g/mol. The maximum Gasteiger partial charge on any atom is 0.417 e. The minimum Gasteiger partial charge on any atom is -0.380 e. The second-order valence-electron chi connectivity index (χ2n) is 2.24. The van der Waals surface area contributed by atoms with Crippen LogP contribution in [0.1, 0.15) is 26.7 Å². The van der Waals surface area contributed by atoms with Crippen LogP contribution in [0.3, 0.4) is 0 Å². The average Bonchev–Trinajstić information content (AvgIpc) is 1.84. The van der Waals surface area contributed by atoms with Crippen molar-refractivity contribution < 1.29 is 18.3 Å². The van der Waals surface area contributed by atoms with Gasteiger partial charge in [-0.15, -0.1) is 0 Å². The SMILES string of the molecule is CCC(O)(CC)C(F)(F)F. The topological polar surface area (TPSA) is 20.2 Å². The number of rotatable bonds is 2. The van der Waals surface area contributed by atoms with Crippen molar-refractivity contribution in [2.24, 2.45) is 0 Å². The van der Waals surface area contributed by atoms with Crippen molar-refractivity contribution in [3.8, 4) is 0 Å². The first kappa shape index (κ1) is 9.75. The van der Waals surface area contributed by atoms with Gasteiger partial charge >= 0.3 is 6.18 Å². The zero-order chi connectivity index (χ0) is 8.41. The van der Waals surface area contributed by atoms with E-state index in [1.165, 1.54) is 13.8 Å². The Balaban J connectivity index is 4.33. The third kappa shape index (κ3) is 1.62. The molecule has 0 saturated heterocycles. The van der Waals surface area contributed by atoms with Crippen LogP contribution in [0.2, 0.25) is 0 Å². The molecule has 0 bridgehead atoms. The Labute approximate surface area is 57.9 Å². The Kier molecular flexibility index (Phi) is 2.71. The van der Waals surface area contributed by atoms with Gasteiger partial charge in [0.2, 0.25) is 0 Å². The van der Waals surface area contributed by atoms with Crippen LogP contribution in [-0.2, 0) is 0 Å². The molecule has 0 rings (SSSR count). The van der Waals surface area contributed by atoms with E-state index in [4.69, 9.17) is 5.11 Å². The van der Waals surface area contributed by atoms with Gasteiger partial charge in [-0.2, -0.15) is 13.2 Å². The molecule has 0 aromatic carbocycles. The van der Waals surface area contributed by atoms with Crippen LogP contribution in [0.5, 0.6) is 0 Å². The van der Waals surface area contributed by atoms with Crippen molar-refractivity contribution in [2.75, 3.05) is 0 Å². The summed E-state index contributed by atoms with van der Waals surface area (Å²) >= 11 is 0. The second-order valence-corrected chi connectivity index (χ2v) is 2.24. The van der Waals surface area contributed by atoms with E-state index in [9.17, 15) is 13.2 Å². The Morgan fingerprint density at radius 1 is 1.10 bits per heavy atom. The highest BCUT2D eigenvalue weighted by atomic mass is 19.4. The molecule has 0 atom stereocenters. The van der Waals surface area contributed by atoms with E-state index in [-0.39, 0.29) is 12.8 Å². The first-order valence-corrected chi connectivity index (χ1v) is 3.16. The van der Waals surface area contributed by atoms with Crippen molar-refractivity contribution in [3.63, 3.8) is 0 Å². The molecule has 4 heteroatoms. The van der Waals surface area contributed by atoms with Crippen LogP contribution in [0, 0.1) is 0 Å². The van der Waals surface area contributed by atoms with Gasteiger partial charge in [0.1, 0.15) is 0 Å². The molecule has 0 amide bonds. The predicted octanol–water partition coefficient (Wildman–Crippen LogP) is 2.10. The lowest BCUT2D eigenvalue weighted by Crippen LogP contribution is -2.43. The van der Waals surface area contributed by atoms with Gasteiger partial charge < -0.3 is 5.11 Å². The minimum atomic E-state index is -4.49. The van der Waals surface area contributed by atoms with Crippen LogP contribution in [0.4, 0.5) is 13.2 Å². The molecule has 0 aliphatic rings. The number of hydrogen-bond acceptors (Lipinski definition) is 1. The molecular weight excluding hydrogens is 145 g/mol. The minimum absolute atomic E-state index is 0.285. The summed E-state index contributed by atoms with van der Waals surface area (Å²) in [5.41, 5.74) is -2.48. The Morgan fingerprint density at radius 3 is 1.40 bits per heavy atom. The van der Waals surface area contributed by atoms with Gasteiger partial charge in [-0.05, 0) is 12.8 Å². The zero-order valence-corrected chi connectivity index (χ0v) is 6.00. The van der Waals surface area contributed by atoms with Gasteiger partial charge in [-0.25, -0.2) is 0 Å². The molecule has 0 fully saturated rings. The molecule has 10 heavy (non-hydrogen) atoms. The summed E-state index contributed by atoms with van der Waals surface area (Å²) in [5, 5.41) is 8.84. The molecule has 0 radical (unpaired) electrons. The van der Waals surface area contributed by atoms with E-state index < -0.39 is 11.8 Å². The highest BCUT2D eigenvalue weighted by Gasteiger charge is 2.50. The maximum atomic E-state index is 11.9. The Morgan fingerprint density at radius 2 is 1.40 bits per heavy atom. The van der Waals surface area contributed by atoms with Crippen molar-refractivity contribution in [1.82, 2.24) is 0 Å². The molecule has 0 aliphatic heterocycles. The lowest BCUT2D eigenvalue weighted by Gasteiger charge is -2.27. The molecule has 0 spiro atoms. The third-order valence-corrected chi connectivity index (χ3v) is 1.70. The van der Waals surface area contributed by atoms with E-state index in [2.05, 4.69) is 0 Å². The van der Waals surface area contributed by atoms with E-state index in [1.807, 2.05) is 0 Å². The van der Waals surface area contributed by atoms with Crippen molar-refractivity contribution in [2.45, 2.75) is 38.5 Å². The second kappa shape index (κ2) is 2.78. The fourth-order valence-corrected chi connectivity index (χ4v) is 0.651. The molecule has 0 heterocycles. The van der Waals surface area contributed by atoms with Crippen molar-refractivity contribution in [3.05, 3.63) is 0 Å². The fraction of sp³-hybridized carbons (Fsp3) is 1.00. The predicted molar refractivity (Wildman–Crippen MR) is 31.6 cm³/mol. The lowest BCUT2D eigenvalue weighted by atomic mass is 9.97. The first-order chi connectivity index (χ1) is 4.37. The molecule has 1 N–H and O–H groups in total. The van der Waals surface area contributed by atoms with Crippen molar-refractivity contribution >= 4 is 0 Å². The Hall–Kier alpha value is -0.250. The molecule has 0 aliphatic carbocycles. The summed E-state index contributed by atoms with van der Waals surface area (Å²) in [6.45, 7) is 2.63. The first-order valence-electron chi connectivity index (χ1n) is 3.16. The molecule has 62 valence electrons. The summed E-state index contributed by atoms with van der Waals surface area (Å²) < 4.78 is 35.6. The third-order valence-electron chi connectivity index (χ3n) is 1.70. The highest BCUT2D eigenvalue weighted by molar-refractivity contribution is 4.82. The standard InChI is InChI=1S/C6H11F3O/c1-3-5(10,4-2)6(7,8)9/h10H,3-4H2,1-2H3. The van der Waals surface area contributed by atoms with Crippen LogP contribution in [0.25, 0.3) is 0 Å². The summed E-state index contributed by atoms with van der Waals surface area (Å²) in [4.78, 5) is 0. The molecule has 0 saturated carbocycles. The largest absolute Gasteiger partial charge is 0.417 e. The Bertz CT molecular complexity index is 104. The van der Waals surface area contributed by atoms with Crippen LogP contribution < -0.4 is 0 Å². The molecule has 1 nitrogen and oxygen atoms in total. The van der Waals surface area contributed by atoms with Gasteiger partial charge in [-0.1, -0.05) is 13.8 Å². The molecule has 0 aromatic heterocycles. The fourth-order valence-electron chi connectivity index (χ4n) is 0.651. The van der Waals surface area contributed by atoms with Gasteiger partial charge in [-0.3, -0.25) is 0 Å². The normalized spacial score (nSPS) is 13.8. The van der Waals surface area contributed by atoms with Crippen LogP contribution in [0.15, 0.2) is 0 Å². The summed E-state index contributed by atoms with van der Waals surface area (Å²) in [6.07, 6.45) is -5.06. The van der Waals surface area contributed by atoms with Gasteiger partial charge in [0.05, 0.1) is 0 Å². The number of hydrogen-bond donors (Lipinski definition) is 1. The van der Waals surface area contributed by atoms with E-state index in [0.717, 1.165) is 0 Å². The maximum absolute atomic E-state index is 11.9. The number of aliphatic hydroxyl groups is 1. The molecular formula is C6H11F3O. The number of alkyl halides is 3. The quantitative estimate of drug-likeness (QED) is 0.649. The van der Waals surface area contributed by atoms with E-state index >= 15 is 0 Å². The van der Waals surface area contributed by atoms with E-state index in [0.29, 0.717) is 0 Å². The number of halogens is 3. The van der Waals surface area contributed by atoms with Gasteiger partial charge in [0.25, 0.3) is 0 Å². The summed E-state index contributed by atoms with van der Waals surface area (Å²) in [7, 11) is 0. The van der Waals surface area contributed by atoms with Gasteiger partial charge in [0.15, 0.2) is 5.60 Å². The summed E-state index contributed by atoms with van der Waals surface area (Å²) in [6, 6.07) is 0. The summed E-state index contributed by atoms with van der Waals surface area (Å²) in [5.74, 6) is 0. The van der Waals surface area contributed by atoms with Crippen LogP contribution in [-0.4, -0.2) is 16.9 Å². The smallest absolute Gasteiger partial charge is 0.380 e. The van der Waals surface area contributed by atoms with Crippen LogP contribution >= 0.6 is 0 Å². The molecule has 0 aromatic rings. The van der Waals surface area contributed by atoms with Gasteiger partial charge in [0, 0.05) is 0 Å². The average molecular weight is 156 g/mol. The highest BCUT2D eigenvalue weighted by Crippen LogP contribution is 2.35. The molecule has 0 unspecified atom stereocenters. The lowest BCUT2D eigenvalue weighted by molar-refractivity contribution is -0.262. The van der Waals surface area contributed by atoms with Crippen molar-refractivity contribution in [1.29, 1.82) is 0 Å². The zero-order valence-electron chi connectivity index (χ0n) is 6.00.